The zero-order valence-electron chi connectivity index (χ0n) is 25.1. The Hall–Kier alpha value is -4.32. The van der Waals surface area contributed by atoms with E-state index in [-0.39, 0.29) is 36.8 Å². The second-order valence-electron chi connectivity index (χ2n) is 11.4. The summed E-state index contributed by atoms with van der Waals surface area (Å²) in [5.74, 6) is 4.18. The van der Waals surface area contributed by atoms with Crippen molar-refractivity contribution < 1.29 is 19.1 Å². The predicted molar refractivity (Wildman–Crippen MR) is 172 cm³/mol. The number of Topliss-reactive ketones (excluding diaryl/α,β-unsaturated/α-hetero) is 1. The Bertz CT molecular complexity index is 1610. The number of hydrogen-bond donors (Lipinski definition) is 3. The molecule has 7 nitrogen and oxygen atoms in total. The molecule has 0 radical (unpaired) electrons. The number of amides is 1. The number of benzene rings is 2. The lowest BCUT2D eigenvalue weighted by Crippen LogP contribution is -2.38. The zero-order chi connectivity index (χ0) is 30.9. The van der Waals surface area contributed by atoms with E-state index >= 15 is 0 Å². The fourth-order valence-electron chi connectivity index (χ4n) is 6.00. The Morgan fingerprint density at radius 2 is 2.02 bits per heavy atom. The molecule has 2 aromatic carbocycles. The van der Waals surface area contributed by atoms with Crippen LogP contribution in [0.4, 0.5) is 10.1 Å². The van der Waals surface area contributed by atoms with Gasteiger partial charge >= 0.3 is 0 Å². The van der Waals surface area contributed by atoms with E-state index in [1.165, 1.54) is 18.2 Å². The number of aromatic nitrogens is 1. The van der Waals surface area contributed by atoms with E-state index in [1.807, 2.05) is 30.5 Å². The second-order valence-corrected chi connectivity index (χ2v) is 11.4. The van der Waals surface area contributed by atoms with E-state index in [0.29, 0.717) is 18.0 Å². The quantitative estimate of drug-likeness (QED) is 0.252. The van der Waals surface area contributed by atoms with E-state index in [1.54, 1.807) is 18.2 Å². The molecule has 0 saturated carbocycles. The summed E-state index contributed by atoms with van der Waals surface area (Å²) in [7, 11) is 0. The maximum atomic E-state index is 13.8. The molecule has 3 aromatic rings. The van der Waals surface area contributed by atoms with Crippen LogP contribution in [0.2, 0.25) is 0 Å². The molecular formula is C36H39FN4O3. The number of aliphatic hydroxyl groups is 1. The van der Waals surface area contributed by atoms with Crippen LogP contribution in [0.15, 0.2) is 78.5 Å². The van der Waals surface area contributed by atoms with Crippen LogP contribution >= 0.6 is 0 Å². The van der Waals surface area contributed by atoms with Crippen LogP contribution in [-0.4, -0.2) is 65.5 Å². The number of hydrogen-bond acceptors (Lipinski definition) is 6. The van der Waals surface area contributed by atoms with Gasteiger partial charge in [0.2, 0.25) is 0 Å². The lowest BCUT2D eigenvalue weighted by molar-refractivity contribution is -0.123. The first-order valence-electron chi connectivity index (χ1n) is 15.4. The molecule has 2 heterocycles. The highest BCUT2D eigenvalue weighted by Crippen LogP contribution is 2.32. The molecule has 2 atom stereocenters. The highest BCUT2D eigenvalue weighted by atomic mass is 19.1. The van der Waals surface area contributed by atoms with Gasteiger partial charge in [0.1, 0.15) is 5.82 Å². The number of nitrogens with one attached hydrogen (secondary N) is 2. The minimum atomic E-state index is -0.496. The van der Waals surface area contributed by atoms with Crippen molar-refractivity contribution in [2.45, 2.75) is 44.6 Å². The summed E-state index contributed by atoms with van der Waals surface area (Å²) in [5, 5.41) is 17.4. The Morgan fingerprint density at radius 3 is 2.80 bits per heavy atom. The van der Waals surface area contributed by atoms with Gasteiger partial charge in [0.15, 0.2) is 5.78 Å². The van der Waals surface area contributed by atoms with E-state index in [2.05, 4.69) is 45.3 Å². The average molecular weight is 595 g/mol. The van der Waals surface area contributed by atoms with Gasteiger partial charge in [-0.3, -0.25) is 14.6 Å². The van der Waals surface area contributed by atoms with Crippen molar-refractivity contribution in [1.29, 1.82) is 0 Å². The number of fused-ring (bicyclic) bond motifs is 1. The fraction of sp³-hybridized carbons (Fsp3) is 0.361. The molecule has 0 bridgehead atoms. The molecule has 1 unspecified atom stereocenters. The first kappa shape index (κ1) is 31.1. The smallest absolute Gasteiger partial charge is 0.255 e. The molecule has 1 fully saturated rings. The van der Waals surface area contributed by atoms with Crippen LogP contribution < -0.4 is 10.6 Å². The Kier molecular flexibility index (Phi) is 10.5. The summed E-state index contributed by atoms with van der Waals surface area (Å²) in [5.41, 5.74) is 3.37. The SMILES string of the molecule is CCN1CCC(Nc2cnc3ccc(C#CCNC(=O)/C4=C/C=C\CC([C@H](CO)c5cccc(F)c5)CC4=O)cc3c2)CC1. The number of likely N-dealkylation sites (tertiary alicyclic amines) is 1. The van der Waals surface area contributed by atoms with E-state index < -0.39 is 17.6 Å². The number of carbonyl (C=O) groups is 2. The van der Waals surface area contributed by atoms with Crippen molar-refractivity contribution in [2.75, 3.05) is 38.1 Å². The predicted octanol–water partition coefficient (Wildman–Crippen LogP) is 4.98. The largest absolute Gasteiger partial charge is 0.396 e. The summed E-state index contributed by atoms with van der Waals surface area (Å²) in [6.07, 6.45) is 9.78. The number of ketones is 1. The van der Waals surface area contributed by atoms with Crippen molar-refractivity contribution in [2.24, 2.45) is 5.92 Å². The Labute approximate surface area is 258 Å². The van der Waals surface area contributed by atoms with Gasteiger partial charge in [-0.15, -0.1) is 0 Å². The standard InChI is InChI=1S/C36H39FN4O3/c1-2-41-17-14-30(15-18-41)40-31-21-28-19-25(12-13-34(28)39-23-31)7-6-16-38-36(44)32-11-4-3-8-27(22-35(32)43)33(24-42)26-9-5-10-29(37)20-26/h3-5,9-13,19-21,23,27,30,33,40,42H,2,8,14-18,22,24H2,1H3,(H,38,44)/b4-3-,32-11+/t27?,33-/m1/s1. The van der Waals surface area contributed by atoms with E-state index in [0.717, 1.165) is 54.6 Å². The first-order chi connectivity index (χ1) is 21.4. The number of halogens is 1. The highest BCUT2D eigenvalue weighted by Gasteiger charge is 2.28. The molecule has 1 amide bonds. The van der Waals surface area contributed by atoms with Gasteiger partial charge < -0.3 is 20.6 Å². The topological polar surface area (TPSA) is 94.6 Å². The van der Waals surface area contributed by atoms with Crippen molar-refractivity contribution in [3.63, 3.8) is 0 Å². The third-order valence-electron chi connectivity index (χ3n) is 8.53. The molecule has 3 N–H and O–H groups in total. The van der Waals surface area contributed by atoms with Crippen LogP contribution in [0.5, 0.6) is 0 Å². The van der Waals surface area contributed by atoms with Crippen LogP contribution in [0, 0.1) is 23.6 Å². The number of rotatable bonds is 8. The maximum Gasteiger partial charge on any atom is 0.255 e. The third-order valence-corrected chi connectivity index (χ3v) is 8.53. The van der Waals surface area contributed by atoms with Crippen LogP contribution in [0.25, 0.3) is 10.9 Å². The average Bonchev–Trinajstić information content (AvgIpc) is 3.02. The second kappa shape index (κ2) is 14.9. The molecule has 5 rings (SSSR count). The Balaban J connectivity index is 1.18. The molecular weight excluding hydrogens is 555 g/mol. The summed E-state index contributed by atoms with van der Waals surface area (Å²) < 4.78 is 13.8. The molecule has 228 valence electrons. The van der Waals surface area contributed by atoms with Gasteiger partial charge in [-0.25, -0.2) is 4.39 Å². The van der Waals surface area contributed by atoms with Crippen molar-refractivity contribution >= 4 is 28.3 Å². The number of anilines is 1. The molecule has 2 aliphatic rings. The summed E-state index contributed by atoms with van der Waals surface area (Å²) in [6.45, 7) is 5.36. The highest BCUT2D eigenvalue weighted by molar-refractivity contribution is 6.19. The van der Waals surface area contributed by atoms with Crippen LogP contribution in [-0.2, 0) is 9.59 Å². The number of pyridine rings is 1. The molecule has 1 saturated heterocycles. The molecule has 44 heavy (non-hydrogen) atoms. The van der Waals surface area contributed by atoms with E-state index in [4.69, 9.17) is 0 Å². The Morgan fingerprint density at radius 1 is 1.18 bits per heavy atom. The number of carbonyl (C=O) groups excluding carboxylic acids is 2. The number of piperidine rings is 1. The number of allylic oxidation sites excluding steroid dienone is 3. The minimum Gasteiger partial charge on any atom is -0.396 e. The molecule has 1 aromatic heterocycles. The van der Waals surface area contributed by atoms with Gasteiger partial charge in [-0.05, 0) is 79.8 Å². The summed E-state index contributed by atoms with van der Waals surface area (Å²) in [4.78, 5) is 33.1. The third kappa shape index (κ3) is 7.98. The van der Waals surface area contributed by atoms with Crippen molar-refractivity contribution in [3.05, 3.63) is 95.5 Å². The summed E-state index contributed by atoms with van der Waals surface area (Å²) >= 11 is 0. The first-order valence-corrected chi connectivity index (χ1v) is 15.4. The van der Waals surface area contributed by atoms with Crippen molar-refractivity contribution in [3.8, 4) is 11.8 Å². The van der Waals surface area contributed by atoms with Crippen LogP contribution in [0.3, 0.4) is 0 Å². The van der Waals surface area contributed by atoms with Crippen molar-refractivity contribution in [1.82, 2.24) is 15.2 Å². The maximum absolute atomic E-state index is 13.8. The lowest BCUT2D eigenvalue weighted by atomic mass is 9.79. The van der Waals surface area contributed by atoms with Crippen LogP contribution in [0.1, 0.15) is 49.7 Å². The van der Waals surface area contributed by atoms with Gasteiger partial charge in [0.25, 0.3) is 5.91 Å². The minimum absolute atomic E-state index is 0.0425. The number of nitrogens with zero attached hydrogens (tertiary/aromatic N) is 2. The van der Waals surface area contributed by atoms with Gasteiger partial charge in [-0.2, -0.15) is 0 Å². The monoisotopic (exact) mass is 594 g/mol. The molecule has 1 aliphatic heterocycles. The van der Waals surface area contributed by atoms with Gasteiger partial charge in [0, 0.05) is 42.4 Å². The number of aliphatic hydroxyl groups excluding tert-OH is 1. The van der Waals surface area contributed by atoms with E-state index in [9.17, 15) is 19.1 Å². The summed E-state index contributed by atoms with van der Waals surface area (Å²) in [6, 6.07) is 14.4. The molecule has 8 heteroatoms. The molecule has 1 aliphatic carbocycles. The molecule has 0 spiro atoms. The fourth-order valence-corrected chi connectivity index (χ4v) is 6.00. The lowest BCUT2D eigenvalue weighted by Gasteiger charge is -2.31. The zero-order valence-corrected chi connectivity index (χ0v) is 25.1. The van der Waals surface area contributed by atoms with Gasteiger partial charge in [-0.1, -0.05) is 43.0 Å². The van der Waals surface area contributed by atoms with Gasteiger partial charge in [0.05, 0.1) is 36.1 Å². The normalized spacial score (nSPS) is 20.4.